The van der Waals surface area contributed by atoms with E-state index in [9.17, 15) is 9.59 Å². The first-order valence-corrected chi connectivity index (χ1v) is 9.41. The quantitative estimate of drug-likeness (QED) is 0.550. The number of hydrogen-bond donors (Lipinski definition) is 1. The van der Waals surface area contributed by atoms with Crippen molar-refractivity contribution < 1.29 is 4.79 Å². The predicted octanol–water partition coefficient (Wildman–Crippen LogP) is 3.84. The summed E-state index contributed by atoms with van der Waals surface area (Å²) in [6.07, 6.45) is 0. The molecule has 3 rings (SSSR count). The van der Waals surface area contributed by atoms with Crippen LogP contribution in [0.2, 0.25) is 0 Å². The molecule has 0 aliphatic rings. The minimum absolute atomic E-state index is 0.0771. The number of nitrogens with zero attached hydrogens (tertiary/aromatic N) is 2. The number of benzene rings is 2. The van der Waals surface area contributed by atoms with E-state index in [0.717, 1.165) is 11.3 Å². The number of thioether (sulfide) groups is 1. The van der Waals surface area contributed by atoms with Crippen LogP contribution in [0.25, 0.3) is 10.9 Å². The van der Waals surface area contributed by atoms with Crippen molar-refractivity contribution in [2.24, 2.45) is 0 Å². The van der Waals surface area contributed by atoms with E-state index in [4.69, 9.17) is 0 Å². The van der Waals surface area contributed by atoms with Crippen molar-refractivity contribution in [2.45, 2.75) is 37.7 Å². The summed E-state index contributed by atoms with van der Waals surface area (Å²) in [5.41, 5.74) is 2.47. The zero-order chi connectivity index (χ0) is 18.7. The highest BCUT2D eigenvalue weighted by Crippen LogP contribution is 2.23. The fraction of sp³-hybridized carbons (Fsp3) is 0.250. The molecule has 0 saturated heterocycles. The van der Waals surface area contributed by atoms with Gasteiger partial charge in [-0.05, 0) is 45.0 Å². The molecule has 1 atom stereocenters. The van der Waals surface area contributed by atoms with Gasteiger partial charge in [0, 0.05) is 12.2 Å². The molecule has 0 fully saturated rings. The van der Waals surface area contributed by atoms with Gasteiger partial charge in [0.05, 0.1) is 16.2 Å². The Labute approximate surface area is 156 Å². The number of anilines is 1. The lowest BCUT2D eigenvalue weighted by Crippen LogP contribution is -2.26. The van der Waals surface area contributed by atoms with Crippen LogP contribution in [0.1, 0.15) is 19.4 Å². The van der Waals surface area contributed by atoms with Gasteiger partial charge in [0.2, 0.25) is 5.91 Å². The van der Waals surface area contributed by atoms with Crippen molar-refractivity contribution in [1.29, 1.82) is 0 Å². The maximum Gasteiger partial charge on any atom is 0.262 e. The summed E-state index contributed by atoms with van der Waals surface area (Å²) in [6, 6.07) is 14.9. The van der Waals surface area contributed by atoms with Crippen LogP contribution in [0.3, 0.4) is 0 Å². The maximum atomic E-state index is 12.7. The van der Waals surface area contributed by atoms with Gasteiger partial charge >= 0.3 is 0 Å². The van der Waals surface area contributed by atoms with Gasteiger partial charge in [-0.2, -0.15) is 0 Å². The standard InChI is InChI=1S/C20H21N3O2S/c1-4-23-19(25)16-7-5-6-8-17(16)22-20(23)26-14(3)18(24)21-15-11-9-13(2)10-12-15/h5-12,14H,4H2,1-3H3,(H,21,24)/t14-/m1/s1. The van der Waals surface area contributed by atoms with Gasteiger partial charge in [0.1, 0.15) is 0 Å². The highest BCUT2D eigenvalue weighted by molar-refractivity contribution is 8.00. The lowest BCUT2D eigenvalue weighted by Gasteiger charge is -2.15. The Hall–Kier alpha value is -2.60. The van der Waals surface area contributed by atoms with E-state index in [2.05, 4.69) is 10.3 Å². The third kappa shape index (κ3) is 3.80. The normalized spacial score (nSPS) is 12.1. The highest BCUT2D eigenvalue weighted by Gasteiger charge is 2.19. The van der Waals surface area contributed by atoms with Crippen LogP contribution in [0.15, 0.2) is 58.5 Å². The lowest BCUT2D eigenvalue weighted by molar-refractivity contribution is -0.115. The van der Waals surface area contributed by atoms with E-state index < -0.39 is 0 Å². The van der Waals surface area contributed by atoms with E-state index in [0.29, 0.717) is 22.6 Å². The summed E-state index contributed by atoms with van der Waals surface area (Å²) in [6.45, 7) is 6.22. The van der Waals surface area contributed by atoms with Gasteiger partial charge in [-0.15, -0.1) is 0 Å². The Morgan fingerprint density at radius 1 is 1.19 bits per heavy atom. The van der Waals surface area contributed by atoms with Crippen LogP contribution in [0, 0.1) is 6.92 Å². The molecule has 3 aromatic rings. The largest absolute Gasteiger partial charge is 0.325 e. The summed E-state index contributed by atoms with van der Waals surface area (Å²) in [4.78, 5) is 29.8. The molecule has 0 radical (unpaired) electrons. The number of hydrogen-bond acceptors (Lipinski definition) is 4. The number of carbonyl (C=O) groups is 1. The number of nitrogens with one attached hydrogen (secondary N) is 1. The smallest absolute Gasteiger partial charge is 0.262 e. The van der Waals surface area contributed by atoms with Crippen molar-refractivity contribution in [1.82, 2.24) is 9.55 Å². The summed E-state index contributed by atoms with van der Waals surface area (Å²) in [5, 5.41) is 3.67. The van der Waals surface area contributed by atoms with Gasteiger partial charge in [-0.25, -0.2) is 4.98 Å². The molecule has 0 aliphatic carbocycles. The lowest BCUT2D eigenvalue weighted by atomic mass is 10.2. The van der Waals surface area contributed by atoms with E-state index in [1.807, 2.05) is 63.2 Å². The minimum atomic E-state index is -0.387. The fourth-order valence-electron chi connectivity index (χ4n) is 2.61. The molecule has 5 nitrogen and oxygen atoms in total. The summed E-state index contributed by atoms with van der Waals surface area (Å²) in [5.74, 6) is -0.121. The van der Waals surface area contributed by atoms with Gasteiger partial charge in [0.15, 0.2) is 5.16 Å². The number of carbonyl (C=O) groups excluding carboxylic acids is 1. The third-order valence-corrected chi connectivity index (χ3v) is 5.20. The second kappa shape index (κ2) is 7.74. The number of fused-ring (bicyclic) bond motifs is 1. The van der Waals surface area contributed by atoms with Gasteiger partial charge in [0.25, 0.3) is 5.56 Å². The molecule has 0 unspecified atom stereocenters. The van der Waals surface area contributed by atoms with E-state index >= 15 is 0 Å². The Bertz CT molecular complexity index is 996. The van der Waals surface area contributed by atoms with E-state index in [1.54, 1.807) is 10.6 Å². The second-order valence-corrected chi connectivity index (χ2v) is 7.38. The van der Waals surface area contributed by atoms with Crippen molar-refractivity contribution in [3.63, 3.8) is 0 Å². The average molecular weight is 367 g/mol. The zero-order valence-corrected chi connectivity index (χ0v) is 15.8. The van der Waals surface area contributed by atoms with Crippen LogP contribution in [-0.4, -0.2) is 20.7 Å². The molecule has 0 saturated carbocycles. The van der Waals surface area contributed by atoms with E-state index in [-0.39, 0.29) is 16.7 Å². The number of aryl methyl sites for hydroxylation is 1. The molecule has 1 N–H and O–H groups in total. The molecule has 26 heavy (non-hydrogen) atoms. The number of rotatable bonds is 5. The van der Waals surface area contributed by atoms with Crippen LogP contribution >= 0.6 is 11.8 Å². The number of aromatic nitrogens is 2. The molecule has 134 valence electrons. The monoisotopic (exact) mass is 367 g/mol. The van der Waals surface area contributed by atoms with Crippen LogP contribution in [0.5, 0.6) is 0 Å². The number of amides is 1. The molecular formula is C20H21N3O2S. The molecule has 0 bridgehead atoms. The summed E-state index contributed by atoms with van der Waals surface area (Å²) in [7, 11) is 0. The molecule has 0 spiro atoms. The SMILES string of the molecule is CCn1c(S[C@H](C)C(=O)Nc2ccc(C)cc2)nc2ccccc2c1=O. The topological polar surface area (TPSA) is 64.0 Å². The second-order valence-electron chi connectivity index (χ2n) is 6.08. The Kier molecular flexibility index (Phi) is 5.42. The van der Waals surface area contributed by atoms with Crippen molar-refractivity contribution in [2.75, 3.05) is 5.32 Å². The first-order chi connectivity index (χ1) is 12.5. The summed E-state index contributed by atoms with van der Waals surface area (Å²) >= 11 is 1.29. The third-order valence-electron chi connectivity index (χ3n) is 4.11. The Balaban J connectivity index is 1.84. The summed E-state index contributed by atoms with van der Waals surface area (Å²) < 4.78 is 1.61. The van der Waals surface area contributed by atoms with Gasteiger partial charge < -0.3 is 5.32 Å². The minimum Gasteiger partial charge on any atom is -0.325 e. The zero-order valence-electron chi connectivity index (χ0n) is 15.0. The molecule has 2 aromatic carbocycles. The van der Waals surface area contributed by atoms with Crippen molar-refractivity contribution in [3.8, 4) is 0 Å². The molecular weight excluding hydrogens is 346 g/mol. The van der Waals surface area contributed by atoms with Crippen molar-refractivity contribution in [3.05, 3.63) is 64.4 Å². The molecule has 0 aliphatic heterocycles. The first kappa shape index (κ1) is 18.2. The van der Waals surface area contributed by atoms with Crippen LogP contribution < -0.4 is 10.9 Å². The average Bonchev–Trinajstić information content (AvgIpc) is 2.64. The predicted molar refractivity (Wildman–Crippen MR) is 107 cm³/mol. The van der Waals surface area contributed by atoms with Gasteiger partial charge in [-0.3, -0.25) is 14.2 Å². The first-order valence-electron chi connectivity index (χ1n) is 8.53. The van der Waals surface area contributed by atoms with E-state index in [1.165, 1.54) is 11.8 Å². The molecule has 1 heterocycles. The Morgan fingerprint density at radius 3 is 2.58 bits per heavy atom. The van der Waals surface area contributed by atoms with Gasteiger partial charge in [-0.1, -0.05) is 41.6 Å². The van der Waals surface area contributed by atoms with Crippen molar-refractivity contribution >= 4 is 34.3 Å². The fourth-order valence-corrected chi connectivity index (χ4v) is 3.58. The number of para-hydroxylation sites is 1. The highest BCUT2D eigenvalue weighted by atomic mass is 32.2. The van der Waals surface area contributed by atoms with Crippen LogP contribution in [0.4, 0.5) is 5.69 Å². The molecule has 6 heteroatoms. The molecule has 1 amide bonds. The maximum absolute atomic E-state index is 12.7. The van der Waals surface area contributed by atoms with Crippen LogP contribution in [-0.2, 0) is 11.3 Å². The molecule has 1 aromatic heterocycles. The Morgan fingerprint density at radius 2 is 1.88 bits per heavy atom.